The van der Waals surface area contributed by atoms with Gasteiger partial charge in [-0.2, -0.15) is 5.10 Å². The predicted octanol–water partition coefficient (Wildman–Crippen LogP) is 2.59. The van der Waals surface area contributed by atoms with Crippen LogP contribution in [0.5, 0.6) is 0 Å². The molecule has 7 nitrogen and oxygen atoms in total. The van der Waals surface area contributed by atoms with E-state index < -0.39 is 5.97 Å². The van der Waals surface area contributed by atoms with Crippen molar-refractivity contribution in [3.05, 3.63) is 52.6 Å². The minimum Gasteiger partial charge on any atom is -0.481 e. The summed E-state index contributed by atoms with van der Waals surface area (Å²) < 4.78 is 15.2. The molecule has 4 heterocycles. The number of carbonyl (C=O) groups excluding carboxylic acids is 1. The maximum atomic E-state index is 13.3. The number of piperidine rings is 1. The number of carbonyl (C=O) groups is 2. The molecule has 32 heavy (non-hydrogen) atoms. The van der Waals surface area contributed by atoms with Crippen LogP contribution in [0, 0.1) is 18.7 Å². The van der Waals surface area contributed by atoms with Gasteiger partial charge in [0.15, 0.2) is 0 Å². The van der Waals surface area contributed by atoms with Crippen LogP contribution in [0.4, 0.5) is 4.39 Å². The fourth-order valence-electron chi connectivity index (χ4n) is 5.77. The monoisotopic (exact) mass is 440 g/mol. The van der Waals surface area contributed by atoms with Gasteiger partial charge in [-0.15, -0.1) is 0 Å². The van der Waals surface area contributed by atoms with Gasteiger partial charge in [0.25, 0.3) is 0 Å². The van der Waals surface area contributed by atoms with Crippen molar-refractivity contribution in [3.8, 4) is 0 Å². The molecule has 2 saturated heterocycles. The Hall–Kier alpha value is -2.74. The Kier molecular flexibility index (Phi) is 5.49. The highest BCUT2D eigenvalue weighted by atomic mass is 19.1. The van der Waals surface area contributed by atoms with Gasteiger partial charge in [0.2, 0.25) is 5.91 Å². The van der Waals surface area contributed by atoms with E-state index in [2.05, 4.69) is 4.90 Å². The third-order valence-corrected chi connectivity index (χ3v) is 7.49. The third kappa shape index (κ3) is 3.92. The minimum absolute atomic E-state index is 0.105. The van der Waals surface area contributed by atoms with Crippen molar-refractivity contribution in [3.63, 3.8) is 0 Å². The first-order valence-electron chi connectivity index (χ1n) is 11.4. The van der Waals surface area contributed by atoms with Gasteiger partial charge in [0.1, 0.15) is 5.82 Å². The van der Waals surface area contributed by atoms with Crippen LogP contribution in [-0.4, -0.2) is 61.7 Å². The number of aromatic nitrogens is 2. The molecule has 0 radical (unpaired) electrons. The summed E-state index contributed by atoms with van der Waals surface area (Å²) in [6.45, 7) is 4.11. The van der Waals surface area contributed by atoms with Gasteiger partial charge >= 0.3 is 5.97 Å². The number of carboxylic acid groups (broad SMARTS) is 1. The first-order chi connectivity index (χ1) is 15.4. The molecule has 2 aromatic rings. The number of nitrogens with zero attached hydrogens (tertiary/aromatic N) is 4. The van der Waals surface area contributed by atoms with Gasteiger partial charge in [-0.1, -0.05) is 12.1 Å². The number of aryl methyl sites for hydroxylation is 1. The molecule has 1 aromatic carbocycles. The van der Waals surface area contributed by atoms with E-state index in [1.54, 1.807) is 12.1 Å². The number of amides is 1. The van der Waals surface area contributed by atoms with Gasteiger partial charge in [-0.05, 0) is 62.3 Å². The molecule has 1 amide bonds. The predicted molar refractivity (Wildman–Crippen MR) is 115 cm³/mol. The highest BCUT2D eigenvalue weighted by molar-refractivity contribution is 5.79. The zero-order valence-electron chi connectivity index (χ0n) is 18.3. The second-order valence-corrected chi connectivity index (χ2v) is 9.42. The molecule has 1 aromatic heterocycles. The van der Waals surface area contributed by atoms with Crippen LogP contribution in [0.1, 0.15) is 48.2 Å². The fourth-order valence-corrected chi connectivity index (χ4v) is 5.77. The molecular weight excluding hydrogens is 411 g/mol. The summed E-state index contributed by atoms with van der Waals surface area (Å²) in [5.41, 5.74) is 4.22. The van der Waals surface area contributed by atoms with Gasteiger partial charge in [-0.25, -0.2) is 4.39 Å². The van der Waals surface area contributed by atoms with Crippen molar-refractivity contribution in [2.24, 2.45) is 5.92 Å². The Morgan fingerprint density at radius 3 is 2.50 bits per heavy atom. The Labute approximate surface area is 186 Å². The van der Waals surface area contributed by atoms with Crippen molar-refractivity contribution in [2.45, 2.75) is 64.2 Å². The Bertz CT molecular complexity index is 1020. The molecule has 2 unspecified atom stereocenters. The van der Waals surface area contributed by atoms with E-state index in [1.165, 1.54) is 17.7 Å². The van der Waals surface area contributed by atoms with Crippen LogP contribution >= 0.6 is 0 Å². The number of aliphatic carboxylic acids is 1. The number of halogens is 1. The minimum atomic E-state index is -0.707. The van der Waals surface area contributed by atoms with Crippen molar-refractivity contribution in [2.75, 3.05) is 13.1 Å². The molecular formula is C24H29FN4O3. The summed E-state index contributed by atoms with van der Waals surface area (Å²) in [5.74, 6) is -1.14. The smallest absolute Gasteiger partial charge is 0.306 e. The number of rotatable bonds is 5. The quantitative estimate of drug-likeness (QED) is 0.773. The SMILES string of the molecule is Cc1nn(Cc2ccc(F)cc2)c2c1CCN(C(=O)CN1C3CCC1CC(C(=O)O)C3)C2. The molecule has 5 rings (SSSR count). The standard InChI is InChI=1S/C24H29FN4O3/c1-15-21-8-9-27(13-22(21)29(26-15)12-16-2-4-18(25)5-3-16)23(30)14-28-19-6-7-20(28)11-17(10-19)24(31)32/h2-5,17,19-20H,6-14H2,1H3,(H,31,32). The number of hydrogen-bond acceptors (Lipinski definition) is 4. The van der Waals surface area contributed by atoms with E-state index >= 15 is 0 Å². The highest BCUT2D eigenvalue weighted by Crippen LogP contribution is 2.38. The third-order valence-electron chi connectivity index (χ3n) is 7.49. The maximum Gasteiger partial charge on any atom is 0.306 e. The molecule has 0 spiro atoms. The summed E-state index contributed by atoms with van der Waals surface area (Å²) in [7, 11) is 0. The molecule has 2 bridgehead atoms. The average Bonchev–Trinajstić information content (AvgIpc) is 3.19. The second kappa shape index (κ2) is 8.31. The number of hydrogen-bond donors (Lipinski definition) is 1. The first kappa shape index (κ1) is 21.1. The average molecular weight is 441 g/mol. The Balaban J connectivity index is 1.27. The molecule has 170 valence electrons. The van der Waals surface area contributed by atoms with E-state index in [0.29, 0.717) is 39.0 Å². The van der Waals surface area contributed by atoms with Crippen LogP contribution in [0.25, 0.3) is 0 Å². The van der Waals surface area contributed by atoms with Crippen LogP contribution in [0.3, 0.4) is 0 Å². The van der Waals surface area contributed by atoms with E-state index in [4.69, 9.17) is 5.10 Å². The Morgan fingerprint density at radius 2 is 1.84 bits per heavy atom. The van der Waals surface area contributed by atoms with Crippen LogP contribution in [0.2, 0.25) is 0 Å². The lowest BCUT2D eigenvalue weighted by Gasteiger charge is -2.38. The number of carboxylic acids is 1. The molecule has 3 aliphatic heterocycles. The van der Waals surface area contributed by atoms with E-state index in [9.17, 15) is 19.1 Å². The molecule has 8 heteroatoms. The lowest BCUT2D eigenvalue weighted by Crippen LogP contribution is -2.50. The van der Waals surface area contributed by atoms with Crippen LogP contribution < -0.4 is 0 Å². The topological polar surface area (TPSA) is 78.7 Å². The zero-order chi connectivity index (χ0) is 22.4. The highest BCUT2D eigenvalue weighted by Gasteiger charge is 2.44. The summed E-state index contributed by atoms with van der Waals surface area (Å²) in [4.78, 5) is 28.8. The van der Waals surface area contributed by atoms with Gasteiger partial charge in [-0.3, -0.25) is 19.2 Å². The van der Waals surface area contributed by atoms with Crippen molar-refractivity contribution < 1.29 is 19.1 Å². The summed E-state index contributed by atoms with van der Waals surface area (Å²) in [6.07, 6.45) is 4.04. The number of fused-ring (bicyclic) bond motifs is 3. The Morgan fingerprint density at radius 1 is 1.16 bits per heavy atom. The van der Waals surface area contributed by atoms with Crippen LogP contribution in [-0.2, 0) is 29.1 Å². The molecule has 1 N–H and O–H groups in total. The molecule has 0 aliphatic carbocycles. The van der Waals surface area contributed by atoms with E-state index in [-0.39, 0.29) is 29.7 Å². The maximum absolute atomic E-state index is 13.3. The summed E-state index contributed by atoms with van der Waals surface area (Å²) in [6, 6.07) is 6.84. The summed E-state index contributed by atoms with van der Waals surface area (Å²) >= 11 is 0. The van der Waals surface area contributed by atoms with Crippen LogP contribution in [0.15, 0.2) is 24.3 Å². The van der Waals surface area contributed by atoms with Crippen molar-refractivity contribution in [1.29, 1.82) is 0 Å². The van der Waals surface area contributed by atoms with E-state index in [0.717, 1.165) is 36.2 Å². The van der Waals surface area contributed by atoms with Gasteiger partial charge in [0, 0.05) is 18.6 Å². The largest absolute Gasteiger partial charge is 0.481 e. The molecule has 3 aliphatic rings. The molecule has 2 atom stereocenters. The first-order valence-corrected chi connectivity index (χ1v) is 11.4. The van der Waals surface area contributed by atoms with E-state index in [1.807, 2.05) is 16.5 Å². The fraction of sp³-hybridized carbons (Fsp3) is 0.542. The lowest BCUT2D eigenvalue weighted by molar-refractivity contribution is -0.145. The summed E-state index contributed by atoms with van der Waals surface area (Å²) in [5, 5.41) is 14.1. The van der Waals surface area contributed by atoms with Crippen molar-refractivity contribution >= 4 is 11.9 Å². The molecule has 2 fully saturated rings. The normalized spacial score (nSPS) is 25.1. The van der Waals surface area contributed by atoms with Crippen molar-refractivity contribution in [1.82, 2.24) is 19.6 Å². The number of benzene rings is 1. The van der Waals surface area contributed by atoms with Gasteiger partial charge < -0.3 is 10.0 Å². The lowest BCUT2D eigenvalue weighted by atomic mass is 9.91. The second-order valence-electron chi connectivity index (χ2n) is 9.42. The molecule has 0 saturated carbocycles. The van der Waals surface area contributed by atoms with Gasteiger partial charge in [0.05, 0.1) is 36.9 Å². The zero-order valence-corrected chi connectivity index (χ0v) is 18.3.